The molecule has 1 rings (SSSR count). The maximum Gasteiger partial charge on any atom is 0.165 e. The second kappa shape index (κ2) is 6.23. The quantitative estimate of drug-likeness (QED) is 0.787. The van der Waals surface area contributed by atoms with Crippen LogP contribution in [0, 0.1) is 0 Å². The van der Waals surface area contributed by atoms with Gasteiger partial charge in [0, 0.05) is 12.8 Å². The van der Waals surface area contributed by atoms with Gasteiger partial charge in [-0.2, -0.15) is 0 Å². The average Bonchev–Trinajstić information content (AvgIpc) is 2.33. The fourth-order valence-electron chi connectivity index (χ4n) is 1.69. The zero-order valence-electron chi connectivity index (χ0n) is 12.2. The fraction of sp³-hybridized carbons (Fsp3) is 0.571. The van der Waals surface area contributed by atoms with E-state index < -0.39 is 0 Å². The van der Waals surface area contributed by atoms with E-state index in [2.05, 4.69) is 49.9 Å². The van der Waals surface area contributed by atoms with Gasteiger partial charge in [0.05, 0.1) is 18.5 Å². The van der Waals surface area contributed by atoms with Gasteiger partial charge < -0.3 is 14.8 Å². The first kappa shape index (κ1) is 15.0. The summed E-state index contributed by atoms with van der Waals surface area (Å²) < 4.78 is 8.85. The Hall–Kier alpha value is -1.03. The Labute approximate surface area is 115 Å². The standard InChI is InChI=1S/C14H24N2OS/c1-7-18-16-12-9-10(14(2,3)4)8-11(15-5)13(12)17-6/h8-9,15-16H,7H2,1-6H3. The van der Waals surface area contributed by atoms with Gasteiger partial charge in [-0.05, 0) is 23.1 Å². The molecule has 0 aliphatic rings. The van der Waals surface area contributed by atoms with Crippen molar-refractivity contribution in [1.29, 1.82) is 0 Å². The summed E-state index contributed by atoms with van der Waals surface area (Å²) in [7, 11) is 3.62. The Kier molecular flexibility index (Phi) is 5.20. The highest BCUT2D eigenvalue weighted by Crippen LogP contribution is 2.39. The van der Waals surface area contributed by atoms with Gasteiger partial charge in [-0.3, -0.25) is 0 Å². The van der Waals surface area contributed by atoms with E-state index in [1.54, 1.807) is 19.1 Å². The molecule has 1 aromatic carbocycles. The monoisotopic (exact) mass is 268 g/mol. The van der Waals surface area contributed by atoms with Crippen LogP contribution in [0.1, 0.15) is 33.3 Å². The summed E-state index contributed by atoms with van der Waals surface area (Å²) in [5.41, 5.74) is 3.45. The van der Waals surface area contributed by atoms with Crippen LogP contribution in [-0.2, 0) is 5.41 Å². The summed E-state index contributed by atoms with van der Waals surface area (Å²) >= 11 is 1.67. The number of benzene rings is 1. The molecule has 0 bridgehead atoms. The van der Waals surface area contributed by atoms with Crippen molar-refractivity contribution in [3.8, 4) is 5.75 Å². The van der Waals surface area contributed by atoms with Crippen LogP contribution in [-0.4, -0.2) is 19.9 Å². The first-order valence-corrected chi connectivity index (χ1v) is 7.20. The minimum absolute atomic E-state index is 0.116. The Morgan fingerprint density at radius 1 is 1.22 bits per heavy atom. The predicted molar refractivity (Wildman–Crippen MR) is 83.0 cm³/mol. The molecule has 18 heavy (non-hydrogen) atoms. The maximum atomic E-state index is 5.49. The van der Waals surface area contributed by atoms with Crippen molar-refractivity contribution in [2.45, 2.75) is 33.1 Å². The molecule has 3 nitrogen and oxygen atoms in total. The lowest BCUT2D eigenvalue weighted by atomic mass is 9.86. The summed E-state index contributed by atoms with van der Waals surface area (Å²) in [5.74, 6) is 1.88. The van der Waals surface area contributed by atoms with Crippen LogP contribution in [0.25, 0.3) is 0 Å². The Balaban J connectivity index is 3.26. The number of ether oxygens (including phenoxy) is 1. The van der Waals surface area contributed by atoms with E-state index in [9.17, 15) is 0 Å². The van der Waals surface area contributed by atoms with Crippen molar-refractivity contribution >= 4 is 23.3 Å². The summed E-state index contributed by atoms with van der Waals surface area (Å²) in [5, 5.41) is 3.20. The molecule has 0 saturated heterocycles. The van der Waals surface area contributed by atoms with Crippen LogP contribution in [0.15, 0.2) is 12.1 Å². The third kappa shape index (κ3) is 3.48. The van der Waals surface area contributed by atoms with Crippen LogP contribution in [0.4, 0.5) is 11.4 Å². The molecule has 4 heteroatoms. The molecule has 102 valence electrons. The van der Waals surface area contributed by atoms with Gasteiger partial charge in [-0.15, -0.1) is 0 Å². The van der Waals surface area contributed by atoms with E-state index in [1.807, 2.05) is 7.05 Å². The third-order valence-electron chi connectivity index (χ3n) is 2.75. The molecule has 0 aliphatic carbocycles. The van der Waals surface area contributed by atoms with E-state index in [-0.39, 0.29) is 5.41 Å². The normalized spacial score (nSPS) is 11.2. The highest BCUT2D eigenvalue weighted by atomic mass is 32.2. The molecule has 0 atom stereocenters. The second-order valence-corrected chi connectivity index (χ2v) is 6.21. The highest BCUT2D eigenvalue weighted by Gasteiger charge is 2.19. The zero-order chi connectivity index (χ0) is 13.8. The number of hydrogen-bond acceptors (Lipinski definition) is 4. The lowest BCUT2D eigenvalue weighted by Crippen LogP contribution is -2.12. The molecule has 0 amide bonds. The molecular formula is C14H24N2OS. The van der Waals surface area contributed by atoms with Gasteiger partial charge in [0.1, 0.15) is 0 Å². The van der Waals surface area contributed by atoms with Crippen LogP contribution in [0.3, 0.4) is 0 Å². The molecule has 0 aliphatic heterocycles. The molecule has 0 spiro atoms. The third-order valence-corrected chi connectivity index (χ3v) is 3.41. The zero-order valence-corrected chi connectivity index (χ0v) is 13.0. The number of hydrogen-bond donors (Lipinski definition) is 2. The molecule has 2 N–H and O–H groups in total. The number of rotatable bonds is 5. The van der Waals surface area contributed by atoms with Gasteiger partial charge in [0.2, 0.25) is 0 Å². The molecule has 0 aromatic heterocycles. The van der Waals surface area contributed by atoms with E-state index in [1.165, 1.54) is 5.56 Å². The smallest absolute Gasteiger partial charge is 0.165 e. The van der Waals surface area contributed by atoms with Gasteiger partial charge in [0.25, 0.3) is 0 Å². The first-order chi connectivity index (χ1) is 8.43. The Morgan fingerprint density at radius 3 is 2.28 bits per heavy atom. The van der Waals surface area contributed by atoms with Gasteiger partial charge in [-0.1, -0.05) is 39.6 Å². The van der Waals surface area contributed by atoms with Crippen molar-refractivity contribution in [2.24, 2.45) is 0 Å². The number of anilines is 2. The summed E-state index contributed by atoms with van der Waals surface area (Å²) in [6.45, 7) is 8.76. The first-order valence-electron chi connectivity index (χ1n) is 6.22. The van der Waals surface area contributed by atoms with Crippen molar-refractivity contribution in [3.63, 3.8) is 0 Å². The lowest BCUT2D eigenvalue weighted by molar-refractivity contribution is 0.418. The molecule has 1 aromatic rings. The van der Waals surface area contributed by atoms with Gasteiger partial charge >= 0.3 is 0 Å². The molecule has 0 unspecified atom stereocenters. The van der Waals surface area contributed by atoms with E-state index in [0.717, 1.165) is 22.9 Å². The maximum absolute atomic E-state index is 5.49. The number of methoxy groups -OCH3 is 1. The molecular weight excluding hydrogens is 244 g/mol. The lowest BCUT2D eigenvalue weighted by Gasteiger charge is -2.23. The minimum Gasteiger partial charge on any atom is -0.492 e. The number of nitrogens with one attached hydrogen (secondary N) is 2. The molecule has 0 fully saturated rings. The van der Waals surface area contributed by atoms with Crippen molar-refractivity contribution in [1.82, 2.24) is 0 Å². The van der Waals surface area contributed by atoms with Crippen LogP contribution < -0.4 is 14.8 Å². The summed E-state index contributed by atoms with van der Waals surface area (Å²) in [4.78, 5) is 0. The van der Waals surface area contributed by atoms with E-state index >= 15 is 0 Å². The van der Waals surface area contributed by atoms with Crippen molar-refractivity contribution in [2.75, 3.05) is 29.9 Å². The summed E-state index contributed by atoms with van der Waals surface area (Å²) in [6, 6.07) is 4.32. The summed E-state index contributed by atoms with van der Waals surface area (Å²) in [6.07, 6.45) is 0. The predicted octanol–water partition coefficient (Wildman–Crippen LogP) is 4.11. The van der Waals surface area contributed by atoms with E-state index in [0.29, 0.717) is 0 Å². The average molecular weight is 268 g/mol. The van der Waals surface area contributed by atoms with Crippen molar-refractivity contribution in [3.05, 3.63) is 17.7 Å². The molecule has 0 saturated carbocycles. The van der Waals surface area contributed by atoms with Crippen molar-refractivity contribution < 1.29 is 4.74 Å². The highest BCUT2D eigenvalue weighted by molar-refractivity contribution is 8.00. The Morgan fingerprint density at radius 2 is 1.83 bits per heavy atom. The van der Waals surface area contributed by atoms with Gasteiger partial charge in [-0.25, -0.2) is 0 Å². The topological polar surface area (TPSA) is 33.3 Å². The van der Waals surface area contributed by atoms with Crippen LogP contribution >= 0.6 is 11.9 Å². The van der Waals surface area contributed by atoms with Crippen LogP contribution in [0.5, 0.6) is 5.75 Å². The molecule has 0 radical (unpaired) electrons. The Bertz CT molecular complexity index is 400. The SMILES string of the molecule is CCSNc1cc(C(C)(C)C)cc(NC)c1OC. The van der Waals surface area contributed by atoms with Gasteiger partial charge in [0.15, 0.2) is 5.75 Å². The second-order valence-electron chi connectivity index (χ2n) is 5.14. The van der Waals surface area contributed by atoms with Crippen LogP contribution in [0.2, 0.25) is 0 Å². The molecule has 0 heterocycles. The fourth-order valence-corrected chi connectivity index (χ4v) is 2.14. The largest absolute Gasteiger partial charge is 0.492 e. The van der Waals surface area contributed by atoms with E-state index in [4.69, 9.17) is 4.74 Å². The minimum atomic E-state index is 0.116.